The molecule has 0 bridgehead atoms. The van der Waals surface area contributed by atoms with Crippen LogP contribution in [-0.2, 0) is 28.8 Å². The third-order valence-electron chi connectivity index (χ3n) is 4.98. The Labute approximate surface area is 204 Å². The first-order chi connectivity index (χ1) is 16.1. The van der Waals surface area contributed by atoms with Gasteiger partial charge in [-0.05, 0) is 37.5 Å². The fourth-order valence-electron chi connectivity index (χ4n) is 3.22. The molecule has 0 spiro atoms. The molecule has 0 aromatic heterocycles. The van der Waals surface area contributed by atoms with E-state index in [-0.39, 0.29) is 37.5 Å². The Bertz CT molecular complexity index is 771. The van der Waals surface area contributed by atoms with Gasteiger partial charge in [-0.15, -0.1) is 0 Å². The molecule has 0 saturated carbocycles. The predicted molar refractivity (Wildman–Crippen MR) is 126 cm³/mol. The molecule has 0 rings (SSSR count). The highest BCUT2D eigenvalue weighted by atomic mass is 16.4. The van der Waals surface area contributed by atoms with E-state index in [1.165, 1.54) is 0 Å². The summed E-state index contributed by atoms with van der Waals surface area (Å²) in [6, 6.07) is -4.84. The minimum Gasteiger partial charge on any atom is -0.481 e. The molecule has 0 aromatic rings. The number of nitrogens with one attached hydrogen (secondary N) is 3. The largest absolute Gasteiger partial charge is 0.481 e. The molecule has 4 unspecified atom stereocenters. The number of carboxylic acids is 2. The van der Waals surface area contributed by atoms with E-state index < -0.39 is 66.2 Å². The van der Waals surface area contributed by atoms with E-state index in [4.69, 9.17) is 16.6 Å². The highest BCUT2D eigenvalue weighted by molar-refractivity contribution is 5.94. The SMILES string of the molecule is CC(C)CC(N)C(=O)NC(CCC(=O)O)C(=O)NC(CCC(N)=O)C(=O)NC(CC(C)C)C(=O)O. The first-order valence-electron chi connectivity index (χ1n) is 11.5. The van der Waals surface area contributed by atoms with Gasteiger partial charge < -0.3 is 37.6 Å². The highest BCUT2D eigenvalue weighted by Crippen LogP contribution is 2.08. The van der Waals surface area contributed by atoms with Gasteiger partial charge in [-0.25, -0.2) is 4.79 Å². The fourth-order valence-corrected chi connectivity index (χ4v) is 3.22. The average molecular weight is 502 g/mol. The lowest BCUT2D eigenvalue weighted by Crippen LogP contribution is -2.57. The normalized spacial score (nSPS) is 14.5. The van der Waals surface area contributed by atoms with E-state index in [1.807, 2.05) is 13.8 Å². The minimum absolute atomic E-state index is 0.0549. The lowest BCUT2D eigenvalue weighted by atomic mass is 10.0. The van der Waals surface area contributed by atoms with E-state index in [9.17, 15) is 33.9 Å². The zero-order valence-electron chi connectivity index (χ0n) is 20.7. The average Bonchev–Trinajstić information content (AvgIpc) is 2.71. The van der Waals surface area contributed by atoms with Gasteiger partial charge in [0.25, 0.3) is 0 Å². The van der Waals surface area contributed by atoms with Crippen molar-refractivity contribution in [3.05, 3.63) is 0 Å². The van der Waals surface area contributed by atoms with Gasteiger partial charge in [-0.2, -0.15) is 0 Å². The number of carbonyl (C=O) groups is 6. The van der Waals surface area contributed by atoms with E-state index in [0.29, 0.717) is 6.42 Å². The van der Waals surface area contributed by atoms with Crippen LogP contribution in [0.3, 0.4) is 0 Å². The summed E-state index contributed by atoms with van der Waals surface area (Å²) in [5.41, 5.74) is 11.0. The molecule has 4 amide bonds. The van der Waals surface area contributed by atoms with E-state index >= 15 is 0 Å². The lowest BCUT2D eigenvalue weighted by molar-refractivity contribution is -0.143. The molecule has 13 nitrogen and oxygen atoms in total. The van der Waals surface area contributed by atoms with Crippen LogP contribution in [0.4, 0.5) is 0 Å². The van der Waals surface area contributed by atoms with Crippen molar-refractivity contribution >= 4 is 35.6 Å². The number of hydrogen-bond acceptors (Lipinski definition) is 7. The maximum Gasteiger partial charge on any atom is 0.326 e. The maximum atomic E-state index is 12.9. The Morgan fingerprint density at radius 1 is 0.686 bits per heavy atom. The molecule has 0 fully saturated rings. The predicted octanol–water partition coefficient (Wildman–Crippen LogP) is -0.925. The molecule has 35 heavy (non-hydrogen) atoms. The fraction of sp³-hybridized carbons (Fsp3) is 0.727. The Kier molecular flexibility index (Phi) is 14.2. The molecule has 0 saturated heterocycles. The lowest BCUT2D eigenvalue weighted by Gasteiger charge is -2.25. The van der Waals surface area contributed by atoms with Crippen LogP contribution in [0.1, 0.15) is 66.2 Å². The Morgan fingerprint density at radius 2 is 1.11 bits per heavy atom. The third kappa shape index (κ3) is 13.9. The molecular formula is C22H39N5O8. The van der Waals surface area contributed by atoms with Gasteiger partial charge in [-0.3, -0.25) is 24.0 Å². The van der Waals surface area contributed by atoms with Crippen LogP contribution in [0.15, 0.2) is 0 Å². The number of rotatable bonds is 17. The number of aliphatic carboxylic acids is 2. The van der Waals surface area contributed by atoms with Crippen molar-refractivity contribution in [1.82, 2.24) is 16.0 Å². The van der Waals surface area contributed by atoms with Crippen LogP contribution in [0, 0.1) is 11.8 Å². The number of nitrogens with two attached hydrogens (primary N) is 2. The second kappa shape index (κ2) is 15.6. The molecule has 0 aliphatic carbocycles. The van der Waals surface area contributed by atoms with Crippen molar-refractivity contribution in [2.45, 2.75) is 90.4 Å². The Morgan fingerprint density at radius 3 is 1.51 bits per heavy atom. The summed E-state index contributed by atoms with van der Waals surface area (Å²) in [7, 11) is 0. The van der Waals surface area contributed by atoms with E-state index in [0.717, 1.165) is 0 Å². The van der Waals surface area contributed by atoms with Crippen LogP contribution in [-0.4, -0.2) is 69.9 Å². The summed E-state index contributed by atoms with van der Waals surface area (Å²) < 4.78 is 0. The summed E-state index contributed by atoms with van der Waals surface area (Å²) in [6.07, 6.45) is -0.793. The van der Waals surface area contributed by atoms with Crippen molar-refractivity contribution in [2.75, 3.05) is 0 Å². The topological polar surface area (TPSA) is 231 Å². The van der Waals surface area contributed by atoms with Crippen LogP contribution >= 0.6 is 0 Å². The molecule has 4 atom stereocenters. The van der Waals surface area contributed by atoms with Gasteiger partial charge in [0.15, 0.2) is 0 Å². The molecule has 0 radical (unpaired) electrons. The summed E-state index contributed by atoms with van der Waals surface area (Å²) in [5.74, 6) is -5.57. The summed E-state index contributed by atoms with van der Waals surface area (Å²) in [4.78, 5) is 71.9. The Balaban J connectivity index is 5.64. The van der Waals surface area contributed by atoms with Crippen LogP contribution in [0.5, 0.6) is 0 Å². The molecule has 0 aliphatic heterocycles. The van der Waals surface area contributed by atoms with E-state index in [1.54, 1.807) is 13.8 Å². The molecule has 0 aliphatic rings. The Hall–Kier alpha value is -3.22. The molecule has 0 heterocycles. The number of carboxylic acid groups (broad SMARTS) is 2. The van der Waals surface area contributed by atoms with E-state index in [2.05, 4.69) is 16.0 Å². The quantitative estimate of drug-likeness (QED) is 0.130. The molecule has 0 aromatic carbocycles. The first kappa shape index (κ1) is 31.8. The van der Waals surface area contributed by atoms with Gasteiger partial charge >= 0.3 is 11.9 Å². The second-order valence-electron chi connectivity index (χ2n) is 9.32. The number of hydrogen-bond donors (Lipinski definition) is 7. The van der Waals surface area contributed by atoms with Gasteiger partial charge in [0.05, 0.1) is 6.04 Å². The molecule has 9 N–H and O–H groups in total. The van der Waals surface area contributed by atoms with Crippen molar-refractivity contribution in [2.24, 2.45) is 23.3 Å². The van der Waals surface area contributed by atoms with Gasteiger partial charge in [0, 0.05) is 12.8 Å². The van der Waals surface area contributed by atoms with Crippen molar-refractivity contribution < 1.29 is 39.0 Å². The summed E-state index contributed by atoms with van der Waals surface area (Å²) in [6.45, 7) is 7.25. The van der Waals surface area contributed by atoms with Gasteiger partial charge in [0.1, 0.15) is 18.1 Å². The minimum atomic E-state index is -1.35. The number of carbonyl (C=O) groups excluding carboxylic acids is 4. The highest BCUT2D eigenvalue weighted by Gasteiger charge is 2.31. The smallest absolute Gasteiger partial charge is 0.326 e. The maximum absolute atomic E-state index is 12.9. The summed E-state index contributed by atoms with van der Waals surface area (Å²) in [5, 5.41) is 25.5. The van der Waals surface area contributed by atoms with Crippen LogP contribution in [0.25, 0.3) is 0 Å². The van der Waals surface area contributed by atoms with Crippen molar-refractivity contribution in [1.29, 1.82) is 0 Å². The molecule has 13 heteroatoms. The summed E-state index contributed by atoms with van der Waals surface area (Å²) >= 11 is 0. The van der Waals surface area contributed by atoms with Crippen LogP contribution in [0.2, 0.25) is 0 Å². The standard InChI is InChI=1S/C22H39N5O8/c1-11(2)9-13(23)19(31)25-15(6-8-18(29)30)20(32)26-14(5-7-17(24)28)21(33)27-16(22(34)35)10-12(3)4/h11-16H,5-10,23H2,1-4H3,(H2,24,28)(H,25,31)(H,26,32)(H,27,33)(H,29,30)(H,34,35). The molecular weight excluding hydrogens is 462 g/mol. The van der Waals surface area contributed by atoms with Gasteiger partial charge in [0.2, 0.25) is 23.6 Å². The van der Waals surface area contributed by atoms with Crippen molar-refractivity contribution in [3.8, 4) is 0 Å². The van der Waals surface area contributed by atoms with Gasteiger partial charge in [-0.1, -0.05) is 27.7 Å². The zero-order chi connectivity index (χ0) is 27.3. The zero-order valence-corrected chi connectivity index (χ0v) is 20.7. The van der Waals surface area contributed by atoms with Crippen LogP contribution < -0.4 is 27.4 Å². The number of amides is 4. The third-order valence-corrected chi connectivity index (χ3v) is 4.98. The van der Waals surface area contributed by atoms with Crippen molar-refractivity contribution in [3.63, 3.8) is 0 Å². The molecule has 200 valence electrons. The number of primary amides is 1. The second-order valence-corrected chi connectivity index (χ2v) is 9.32. The first-order valence-corrected chi connectivity index (χ1v) is 11.5. The monoisotopic (exact) mass is 501 g/mol.